The van der Waals surface area contributed by atoms with Crippen LogP contribution in [0.5, 0.6) is 11.5 Å². The predicted octanol–water partition coefficient (Wildman–Crippen LogP) is 4.75. The Morgan fingerprint density at radius 3 is 2.38 bits per heavy atom. The Morgan fingerprint density at radius 1 is 1.04 bits per heavy atom. The molecule has 2 aromatic rings. The molecule has 2 rings (SSSR count). The van der Waals surface area contributed by atoms with Gasteiger partial charge in [0.15, 0.2) is 5.11 Å². The van der Waals surface area contributed by atoms with E-state index >= 15 is 0 Å². The van der Waals surface area contributed by atoms with E-state index in [1.165, 1.54) is 11.1 Å². The van der Waals surface area contributed by atoms with E-state index in [2.05, 4.69) is 48.7 Å². The lowest BCUT2D eigenvalue weighted by atomic mass is 10.0. The third-order valence-corrected chi connectivity index (χ3v) is 4.48. The number of ether oxygens (including phenoxy) is 2. The lowest BCUT2D eigenvalue weighted by molar-refractivity contribution is 0.395. The first kappa shape index (κ1) is 20.0. The first-order chi connectivity index (χ1) is 12.5. The summed E-state index contributed by atoms with van der Waals surface area (Å²) in [5, 5.41) is 7.00. The Morgan fingerprint density at radius 2 is 1.77 bits per heavy atom. The number of benzene rings is 2. The van der Waals surface area contributed by atoms with Crippen molar-refractivity contribution in [1.29, 1.82) is 0 Å². The van der Waals surface area contributed by atoms with Crippen LogP contribution in [0.25, 0.3) is 0 Å². The summed E-state index contributed by atoms with van der Waals surface area (Å²) < 4.78 is 10.6. The van der Waals surface area contributed by atoms with Crippen LogP contribution in [0.1, 0.15) is 37.3 Å². The molecular formula is C21H28N2O2S. The summed E-state index contributed by atoms with van der Waals surface area (Å²) >= 11 is 5.37. The zero-order valence-corrected chi connectivity index (χ0v) is 16.8. The zero-order chi connectivity index (χ0) is 18.9. The Hall–Kier alpha value is -2.27. The molecule has 0 bridgehead atoms. The Labute approximate surface area is 161 Å². The van der Waals surface area contributed by atoms with Crippen LogP contribution in [-0.4, -0.2) is 25.9 Å². The summed E-state index contributed by atoms with van der Waals surface area (Å²) in [5.74, 6) is 2.01. The maximum atomic E-state index is 5.37. The van der Waals surface area contributed by atoms with Gasteiger partial charge in [-0.15, -0.1) is 0 Å². The van der Waals surface area contributed by atoms with Gasteiger partial charge in [0.05, 0.1) is 19.9 Å². The van der Waals surface area contributed by atoms with Gasteiger partial charge in [0.25, 0.3) is 0 Å². The molecule has 0 saturated heterocycles. The molecule has 0 saturated carbocycles. The van der Waals surface area contributed by atoms with Gasteiger partial charge < -0.3 is 20.1 Å². The first-order valence-corrected chi connectivity index (χ1v) is 9.30. The molecule has 0 amide bonds. The van der Waals surface area contributed by atoms with E-state index < -0.39 is 0 Å². The van der Waals surface area contributed by atoms with Crippen LogP contribution in [0.2, 0.25) is 0 Å². The third-order valence-electron chi connectivity index (χ3n) is 4.23. The fourth-order valence-electron chi connectivity index (χ4n) is 2.63. The molecule has 0 heterocycles. The standard InChI is InChI=1S/C21H28N2O2S/c1-15(2)17-9-7-16(8-10-17)6-5-13-22-21(26)23-19-12-11-18(24-3)14-20(19)25-4/h7-12,14-15H,5-6,13H2,1-4H3,(H2,22,23,26). The minimum absolute atomic E-state index is 0.573. The van der Waals surface area contributed by atoms with Crippen molar-refractivity contribution >= 4 is 23.0 Å². The van der Waals surface area contributed by atoms with Crippen LogP contribution >= 0.6 is 12.2 Å². The second-order valence-electron chi connectivity index (χ2n) is 6.45. The topological polar surface area (TPSA) is 42.5 Å². The molecule has 0 aliphatic heterocycles. The SMILES string of the molecule is COc1ccc(NC(=S)NCCCc2ccc(C(C)C)cc2)c(OC)c1. The summed E-state index contributed by atoms with van der Waals surface area (Å²) in [6.07, 6.45) is 2.04. The molecule has 5 heteroatoms. The molecule has 2 N–H and O–H groups in total. The highest BCUT2D eigenvalue weighted by molar-refractivity contribution is 7.80. The van der Waals surface area contributed by atoms with Crippen LogP contribution < -0.4 is 20.1 Å². The van der Waals surface area contributed by atoms with E-state index in [1.807, 2.05) is 18.2 Å². The summed E-state index contributed by atoms with van der Waals surface area (Å²) in [6.45, 7) is 5.24. The maximum Gasteiger partial charge on any atom is 0.170 e. The van der Waals surface area contributed by atoms with Crippen molar-refractivity contribution < 1.29 is 9.47 Å². The minimum atomic E-state index is 0.573. The van der Waals surface area contributed by atoms with Gasteiger partial charge in [0, 0.05) is 12.6 Å². The number of rotatable bonds is 8. The van der Waals surface area contributed by atoms with Crippen LogP contribution in [0, 0.1) is 0 Å². The number of thiocarbonyl (C=S) groups is 1. The molecule has 0 aliphatic rings. The predicted molar refractivity (Wildman–Crippen MR) is 113 cm³/mol. The Kier molecular flexibility index (Phi) is 7.73. The summed E-state index contributed by atoms with van der Waals surface area (Å²) in [5.41, 5.74) is 3.55. The second-order valence-corrected chi connectivity index (χ2v) is 6.86. The average Bonchev–Trinajstić information content (AvgIpc) is 2.66. The van der Waals surface area contributed by atoms with Crippen molar-refractivity contribution in [3.05, 3.63) is 53.6 Å². The zero-order valence-electron chi connectivity index (χ0n) is 16.0. The van der Waals surface area contributed by atoms with Gasteiger partial charge >= 0.3 is 0 Å². The maximum absolute atomic E-state index is 5.37. The fraction of sp³-hybridized carbons (Fsp3) is 0.381. The highest BCUT2D eigenvalue weighted by atomic mass is 32.1. The van der Waals surface area contributed by atoms with E-state index in [0.717, 1.165) is 30.8 Å². The van der Waals surface area contributed by atoms with Gasteiger partial charge in [-0.1, -0.05) is 38.1 Å². The van der Waals surface area contributed by atoms with E-state index in [9.17, 15) is 0 Å². The van der Waals surface area contributed by atoms with Crippen molar-refractivity contribution in [3.8, 4) is 11.5 Å². The highest BCUT2D eigenvalue weighted by Gasteiger charge is 2.06. The highest BCUT2D eigenvalue weighted by Crippen LogP contribution is 2.28. The molecule has 0 aliphatic carbocycles. The number of aryl methyl sites for hydroxylation is 1. The third kappa shape index (κ3) is 5.92. The smallest absolute Gasteiger partial charge is 0.170 e. The molecule has 0 unspecified atom stereocenters. The second kappa shape index (κ2) is 10.0. The number of hydrogen-bond donors (Lipinski definition) is 2. The minimum Gasteiger partial charge on any atom is -0.497 e. The van der Waals surface area contributed by atoms with Gasteiger partial charge in [0.2, 0.25) is 0 Å². The van der Waals surface area contributed by atoms with Crippen molar-refractivity contribution in [2.75, 3.05) is 26.1 Å². The van der Waals surface area contributed by atoms with Crippen LogP contribution in [0.4, 0.5) is 5.69 Å². The van der Waals surface area contributed by atoms with Crippen LogP contribution in [0.3, 0.4) is 0 Å². The van der Waals surface area contributed by atoms with Gasteiger partial charge in [0.1, 0.15) is 11.5 Å². The molecular weight excluding hydrogens is 344 g/mol. The molecule has 4 nitrogen and oxygen atoms in total. The molecule has 2 aromatic carbocycles. The number of hydrogen-bond acceptors (Lipinski definition) is 3. The molecule has 0 aromatic heterocycles. The lowest BCUT2D eigenvalue weighted by Crippen LogP contribution is -2.29. The van der Waals surface area contributed by atoms with Crippen LogP contribution in [-0.2, 0) is 6.42 Å². The molecule has 0 radical (unpaired) electrons. The summed E-state index contributed by atoms with van der Waals surface area (Å²) in [7, 11) is 3.26. The number of methoxy groups -OCH3 is 2. The fourth-order valence-corrected chi connectivity index (χ4v) is 2.84. The van der Waals surface area contributed by atoms with Crippen molar-refractivity contribution in [3.63, 3.8) is 0 Å². The van der Waals surface area contributed by atoms with Crippen molar-refractivity contribution in [2.24, 2.45) is 0 Å². The molecule has 0 fully saturated rings. The van der Waals surface area contributed by atoms with Gasteiger partial charge in [-0.05, 0) is 54.2 Å². The summed E-state index contributed by atoms with van der Waals surface area (Å²) in [6, 6.07) is 14.5. The monoisotopic (exact) mass is 372 g/mol. The number of nitrogens with one attached hydrogen (secondary N) is 2. The lowest BCUT2D eigenvalue weighted by Gasteiger charge is -2.14. The van der Waals surface area contributed by atoms with E-state index in [-0.39, 0.29) is 0 Å². The van der Waals surface area contributed by atoms with Gasteiger partial charge in [-0.2, -0.15) is 0 Å². The molecule has 26 heavy (non-hydrogen) atoms. The van der Waals surface area contributed by atoms with Crippen LogP contribution in [0.15, 0.2) is 42.5 Å². The average molecular weight is 373 g/mol. The molecule has 140 valence electrons. The van der Waals surface area contributed by atoms with Gasteiger partial charge in [-0.25, -0.2) is 0 Å². The van der Waals surface area contributed by atoms with E-state index in [1.54, 1.807) is 14.2 Å². The normalized spacial score (nSPS) is 10.5. The molecule has 0 spiro atoms. The van der Waals surface area contributed by atoms with E-state index in [4.69, 9.17) is 21.7 Å². The number of anilines is 1. The quantitative estimate of drug-likeness (QED) is 0.517. The molecule has 0 atom stereocenters. The first-order valence-electron chi connectivity index (χ1n) is 8.89. The van der Waals surface area contributed by atoms with Crippen molar-refractivity contribution in [1.82, 2.24) is 5.32 Å². The Bertz CT molecular complexity index is 714. The Balaban J connectivity index is 1.77. The van der Waals surface area contributed by atoms with Gasteiger partial charge in [-0.3, -0.25) is 0 Å². The largest absolute Gasteiger partial charge is 0.497 e. The van der Waals surface area contributed by atoms with Crippen molar-refractivity contribution in [2.45, 2.75) is 32.6 Å². The van der Waals surface area contributed by atoms with E-state index in [0.29, 0.717) is 16.8 Å². The summed E-state index contributed by atoms with van der Waals surface area (Å²) in [4.78, 5) is 0.